The highest BCUT2D eigenvalue weighted by Gasteiger charge is 2.12. The Morgan fingerprint density at radius 2 is 2.00 bits per heavy atom. The third-order valence-electron chi connectivity index (χ3n) is 3.76. The molecule has 0 atom stereocenters. The lowest BCUT2D eigenvalue weighted by atomic mass is 10.1. The summed E-state index contributed by atoms with van der Waals surface area (Å²) < 4.78 is 10.4. The monoisotopic (exact) mass is 344 g/mol. The second-order valence-corrected chi connectivity index (χ2v) is 5.73. The van der Waals surface area contributed by atoms with E-state index in [4.69, 9.17) is 21.1 Å². The van der Waals surface area contributed by atoms with Crippen molar-refractivity contribution in [3.63, 3.8) is 0 Å². The molecule has 0 saturated carbocycles. The molecule has 0 aliphatic carbocycles. The minimum Gasteiger partial charge on any atom is -0.497 e. The van der Waals surface area contributed by atoms with E-state index in [1.807, 2.05) is 24.4 Å². The van der Waals surface area contributed by atoms with E-state index in [1.54, 1.807) is 32.4 Å². The first-order chi connectivity index (χ1) is 11.6. The summed E-state index contributed by atoms with van der Waals surface area (Å²) in [5, 5.41) is 4.51. The molecular weight excluding hydrogens is 328 g/mol. The Bertz CT molecular complexity index is 889. The zero-order valence-electron chi connectivity index (χ0n) is 13.4. The molecule has 6 heteroatoms. The number of methoxy groups -OCH3 is 2. The molecule has 0 radical (unpaired) electrons. The maximum atomic E-state index is 12.4. The average molecular weight is 345 g/mol. The van der Waals surface area contributed by atoms with Gasteiger partial charge in [-0.2, -0.15) is 0 Å². The van der Waals surface area contributed by atoms with Crippen LogP contribution in [-0.2, 0) is 11.2 Å². The van der Waals surface area contributed by atoms with Gasteiger partial charge in [-0.05, 0) is 29.8 Å². The highest BCUT2D eigenvalue weighted by Crippen LogP contribution is 2.29. The molecule has 0 aliphatic rings. The normalized spacial score (nSPS) is 10.6. The summed E-state index contributed by atoms with van der Waals surface area (Å²) in [5.41, 5.74) is 2.42. The van der Waals surface area contributed by atoms with Crippen molar-refractivity contribution < 1.29 is 14.3 Å². The van der Waals surface area contributed by atoms with E-state index in [2.05, 4.69) is 10.3 Å². The summed E-state index contributed by atoms with van der Waals surface area (Å²) >= 11 is 5.98. The highest BCUT2D eigenvalue weighted by atomic mass is 35.5. The van der Waals surface area contributed by atoms with Crippen molar-refractivity contribution in [3.05, 3.63) is 53.2 Å². The number of anilines is 1. The Balaban J connectivity index is 1.78. The number of hydrogen-bond donors (Lipinski definition) is 2. The van der Waals surface area contributed by atoms with Gasteiger partial charge in [-0.1, -0.05) is 17.7 Å². The van der Waals surface area contributed by atoms with Crippen LogP contribution < -0.4 is 14.8 Å². The third kappa shape index (κ3) is 3.31. The maximum Gasteiger partial charge on any atom is 0.228 e. The van der Waals surface area contributed by atoms with E-state index >= 15 is 0 Å². The molecule has 0 bridgehead atoms. The molecule has 0 saturated heterocycles. The van der Waals surface area contributed by atoms with E-state index in [0.29, 0.717) is 22.2 Å². The summed E-state index contributed by atoms with van der Waals surface area (Å²) in [6.07, 6.45) is 2.07. The number of benzene rings is 2. The predicted molar refractivity (Wildman–Crippen MR) is 95.2 cm³/mol. The molecule has 0 fully saturated rings. The first kappa shape index (κ1) is 16.2. The SMILES string of the molecule is COc1ccc(NC(=O)Cc2c[nH]c3cc(Cl)ccc23)c(OC)c1. The summed E-state index contributed by atoms with van der Waals surface area (Å²) in [7, 11) is 3.13. The van der Waals surface area contributed by atoms with Gasteiger partial charge in [-0.25, -0.2) is 0 Å². The summed E-state index contributed by atoms with van der Waals surface area (Å²) in [6.45, 7) is 0. The van der Waals surface area contributed by atoms with Gasteiger partial charge in [-0.15, -0.1) is 0 Å². The number of hydrogen-bond acceptors (Lipinski definition) is 3. The van der Waals surface area contributed by atoms with E-state index in [0.717, 1.165) is 16.5 Å². The molecule has 1 aromatic heterocycles. The van der Waals surface area contributed by atoms with Gasteiger partial charge in [0.2, 0.25) is 5.91 Å². The van der Waals surface area contributed by atoms with Gasteiger partial charge in [-0.3, -0.25) is 4.79 Å². The maximum absolute atomic E-state index is 12.4. The standard InChI is InChI=1S/C18H17ClN2O3/c1-23-13-4-6-15(17(9-13)24-2)21-18(22)7-11-10-20-16-8-12(19)3-5-14(11)16/h3-6,8-10,20H,7H2,1-2H3,(H,21,22). The molecule has 0 unspecified atom stereocenters. The van der Waals surface area contributed by atoms with Crippen LogP contribution in [0.2, 0.25) is 5.02 Å². The van der Waals surface area contributed by atoms with Crippen molar-refractivity contribution in [1.29, 1.82) is 0 Å². The number of rotatable bonds is 5. The van der Waals surface area contributed by atoms with Gasteiger partial charge in [0.05, 0.1) is 26.3 Å². The van der Waals surface area contributed by atoms with Gasteiger partial charge in [0, 0.05) is 28.2 Å². The van der Waals surface area contributed by atoms with Gasteiger partial charge in [0.25, 0.3) is 0 Å². The molecule has 0 aliphatic heterocycles. The first-order valence-electron chi connectivity index (χ1n) is 7.38. The fourth-order valence-electron chi connectivity index (χ4n) is 2.57. The number of halogens is 1. The second kappa shape index (κ2) is 6.84. The van der Waals surface area contributed by atoms with Gasteiger partial charge >= 0.3 is 0 Å². The summed E-state index contributed by atoms with van der Waals surface area (Å²) in [6, 6.07) is 10.8. The summed E-state index contributed by atoms with van der Waals surface area (Å²) in [4.78, 5) is 15.5. The number of ether oxygens (including phenoxy) is 2. The largest absolute Gasteiger partial charge is 0.497 e. The fraction of sp³-hybridized carbons (Fsp3) is 0.167. The van der Waals surface area contributed by atoms with Gasteiger partial charge in [0.15, 0.2) is 0 Å². The van der Waals surface area contributed by atoms with E-state index in [-0.39, 0.29) is 12.3 Å². The predicted octanol–water partition coefficient (Wildman–Crippen LogP) is 4.02. The van der Waals surface area contributed by atoms with Crippen LogP contribution in [-0.4, -0.2) is 25.1 Å². The average Bonchev–Trinajstić information content (AvgIpc) is 2.97. The molecule has 3 aromatic rings. The van der Waals surface area contributed by atoms with Gasteiger partial charge < -0.3 is 19.8 Å². The molecule has 124 valence electrons. The van der Waals surface area contributed by atoms with E-state index < -0.39 is 0 Å². The van der Waals surface area contributed by atoms with Crippen LogP contribution in [0.4, 0.5) is 5.69 Å². The van der Waals surface area contributed by atoms with Crippen molar-refractivity contribution in [3.8, 4) is 11.5 Å². The molecule has 2 aromatic carbocycles. The zero-order chi connectivity index (χ0) is 17.1. The van der Waals surface area contributed by atoms with E-state index in [1.165, 1.54) is 0 Å². The molecule has 2 N–H and O–H groups in total. The third-order valence-corrected chi connectivity index (χ3v) is 4.00. The van der Waals surface area contributed by atoms with Crippen molar-refractivity contribution in [2.75, 3.05) is 19.5 Å². The van der Waals surface area contributed by atoms with Crippen LogP contribution in [0.3, 0.4) is 0 Å². The lowest BCUT2D eigenvalue weighted by Crippen LogP contribution is -2.14. The molecule has 5 nitrogen and oxygen atoms in total. The Labute approximate surface area is 144 Å². The minimum atomic E-state index is -0.130. The topological polar surface area (TPSA) is 63.3 Å². The number of carbonyl (C=O) groups is 1. The number of H-pyrrole nitrogens is 1. The summed E-state index contributed by atoms with van der Waals surface area (Å²) in [5.74, 6) is 1.08. The number of nitrogens with one attached hydrogen (secondary N) is 2. The molecule has 3 rings (SSSR count). The first-order valence-corrected chi connectivity index (χ1v) is 7.76. The number of carbonyl (C=O) groups excluding carboxylic acids is 1. The van der Waals surface area contributed by atoms with Gasteiger partial charge in [0.1, 0.15) is 11.5 Å². The molecule has 1 amide bonds. The number of amides is 1. The number of aromatic nitrogens is 1. The Hall–Kier alpha value is -2.66. The molecule has 24 heavy (non-hydrogen) atoms. The van der Waals surface area contributed by atoms with Crippen molar-refractivity contribution in [1.82, 2.24) is 4.98 Å². The Morgan fingerprint density at radius 1 is 1.17 bits per heavy atom. The number of aromatic amines is 1. The highest BCUT2D eigenvalue weighted by molar-refractivity contribution is 6.31. The zero-order valence-corrected chi connectivity index (χ0v) is 14.1. The number of fused-ring (bicyclic) bond motifs is 1. The van der Waals surface area contributed by atoms with Crippen molar-refractivity contribution in [2.24, 2.45) is 0 Å². The quantitative estimate of drug-likeness (QED) is 0.734. The van der Waals surface area contributed by atoms with E-state index in [9.17, 15) is 4.79 Å². The lowest BCUT2D eigenvalue weighted by Gasteiger charge is -2.11. The second-order valence-electron chi connectivity index (χ2n) is 5.29. The molecular formula is C18H17ClN2O3. The van der Waals surface area contributed by atoms with Crippen LogP contribution in [0.15, 0.2) is 42.6 Å². The van der Waals surface area contributed by atoms with Crippen molar-refractivity contribution in [2.45, 2.75) is 6.42 Å². The fourth-order valence-corrected chi connectivity index (χ4v) is 2.75. The lowest BCUT2D eigenvalue weighted by molar-refractivity contribution is -0.115. The minimum absolute atomic E-state index is 0.130. The van der Waals surface area contributed by atoms with Crippen LogP contribution >= 0.6 is 11.6 Å². The molecule has 0 spiro atoms. The van der Waals surface area contributed by atoms with Crippen molar-refractivity contribution >= 4 is 34.1 Å². The Morgan fingerprint density at radius 3 is 2.75 bits per heavy atom. The molecule has 1 heterocycles. The smallest absolute Gasteiger partial charge is 0.228 e. The van der Waals surface area contributed by atoms with Crippen LogP contribution in [0.5, 0.6) is 11.5 Å². The Kier molecular flexibility index (Phi) is 4.62. The van der Waals surface area contributed by atoms with Crippen LogP contribution in [0.1, 0.15) is 5.56 Å². The van der Waals surface area contributed by atoms with Crippen LogP contribution in [0, 0.1) is 0 Å². The van der Waals surface area contributed by atoms with Crippen LogP contribution in [0.25, 0.3) is 10.9 Å².